The summed E-state index contributed by atoms with van der Waals surface area (Å²) >= 11 is 0. The third kappa shape index (κ3) is 3.27. The van der Waals surface area contributed by atoms with Crippen LogP contribution in [-0.4, -0.2) is 38.9 Å². The smallest absolute Gasteiger partial charge is 0.243 e. The molecular weight excluding hydrogens is 334 g/mol. The van der Waals surface area contributed by atoms with E-state index < -0.39 is 21.7 Å². The Morgan fingerprint density at radius 3 is 2.08 bits per heavy atom. The fourth-order valence-corrected chi connectivity index (χ4v) is 4.38. The van der Waals surface area contributed by atoms with E-state index >= 15 is 0 Å². The van der Waals surface area contributed by atoms with Crippen LogP contribution in [-0.2, 0) is 10.0 Å². The minimum Gasteiger partial charge on any atom is -0.369 e. The Morgan fingerprint density at radius 1 is 0.917 bits per heavy atom. The average Bonchev–Trinajstić information content (AvgIpc) is 2.54. The summed E-state index contributed by atoms with van der Waals surface area (Å²) in [6.07, 6.45) is 0. The largest absolute Gasteiger partial charge is 0.369 e. The summed E-state index contributed by atoms with van der Waals surface area (Å²) in [6, 6.07) is 10.3. The van der Waals surface area contributed by atoms with Crippen LogP contribution in [0, 0.1) is 18.6 Å². The Bertz CT molecular complexity index is 827. The molecule has 1 aliphatic rings. The van der Waals surface area contributed by atoms with Crippen molar-refractivity contribution in [3.8, 4) is 0 Å². The number of sulfonamides is 1. The van der Waals surface area contributed by atoms with E-state index in [2.05, 4.69) is 4.90 Å². The van der Waals surface area contributed by atoms with E-state index in [4.69, 9.17) is 0 Å². The van der Waals surface area contributed by atoms with Crippen molar-refractivity contribution >= 4 is 15.7 Å². The van der Waals surface area contributed by atoms with Crippen LogP contribution in [0.2, 0.25) is 0 Å². The van der Waals surface area contributed by atoms with Gasteiger partial charge in [0.15, 0.2) is 0 Å². The number of anilines is 1. The number of halogens is 2. The van der Waals surface area contributed by atoms with Crippen molar-refractivity contribution in [1.29, 1.82) is 0 Å². The van der Waals surface area contributed by atoms with Crippen molar-refractivity contribution in [2.75, 3.05) is 31.1 Å². The number of benzene rings is 2. The van der Waals surface area contributed by atoms with Crippen LogP contribution in [0.3, 0.4) is 0 Å². The molecule has 128 valence electrons. The minimum atomic E-state index is -3.90. The average molecular weight is 352 g/mol. The SMILES string of the molecule is Cc1ccccc1N1CCN(S(=O)(=O)c2cc(F)cc(F)c2)CC1. The molecule has 0 spiro atoms. The molecule has 4 nitrogen and oxygen atoms in total. The van der Waals surface area contributed by atoms with Gasteiger partial charge in [-0.05, 0) is 30.7 Å². The second-order valence-corrected chi connectivity index (χ2v) is 7.72. The van der Waals surface area contributed by atoms with E-state index in [9.17, 15) is 17.2 Å². The summed E-state index contributed by atoms with van der Waals surface area (Å²) in [5.74, 6) is -1.79. The normalized spacial score (nSPS) is 16.4. The summed E-state index contributed by atoms with van der Waals surface area (Å²) in [4.78, 5) is 1.78. The number of piperazine rings is 1. The van der Waals surface area contributed by atoms with Gasteiger partial charge in [0.05, 0.1) is 4.90 Å². The van der Waals surface area contributed by atoms with Gasteiger partial charge in [0, 0.05) is 37.9 Å². The lowest BCUT2D eigenvalue weighted by Crippen LogP contribution is -2.48. The molecule has 0 radical (unpaired) electrons. The lowest BCUT2D eigenvalue weighted by Gasteiger charge is -2.36. The third-order valence-electron chi connectivity index (χ3n) is 4.17. The monoisotopic (exact) mass is 352 g/mol. The first-order valence-corrected chi connectivity index (χ1v) is 9.09. The lowest BCUT2D eigenvalue weighted by atomic mass is 10.1. The highest BCUT2D eigenvalue weighted by molar-refractivity contribution is 7.89. The first kappa shape index (κ1) is 16.9. The number of aryl methyl sites for hydroxylation is 1. The fraction of sp³-hybridized carbons (Fsp3) is 0.294. The number of hydrogen-bond donors (Lipinski definition) is 0. The molecule has 0 N–H and O–H groups in total. The molecule has 7 heteroatoms. The molecule has 0 atom stereocenters. The van der Waals surface area contributed by atoms with Gasteiger partial charge < -0.3 is 4.90 Å². The summed E-state index contributed by atoms with van der Waals surface area (Å²) < 4.78 is 53.1. The molecule has 0 amide bonds. The van der Waals surface area contributed by atoms with Gasteiger partial charge in [0.1, 0.15) is 11.6 Å². The van der Waals surface area contributed by atoms with E-state index in [1.165, 1.54) is 4.31 Å². The number of rotatable bonds is 3. The fourth-order valence-electron chi connectivity index (χ4n) is 2.91. The van der Waals surface area contributed by atoms with Crippen molar-refractivity contribution in [3.63, 3.8) is 0 Å². The van der Waals surface area contributed by atoms with Gasteiger partial charge in [-0.25, -0.2) is 17.2 Å². The zero-order valence-corrected chi connectivity index (χ0v) is 14.1. The Kier molecular flexibility index (Phi) is 4.56. The van der Waals surface area contributed by atoms with Crippen LogP contribution in [0.4, 0.5) is 14.5 Å². The molecule has 24 heavy (non-hydrogen) atoms. The molecule has 1 fully saturated rings. The van der Waals surface area contributed by atoms with Gasteiger partial charge in [0.2, 0.25) is 10.0 Å². The Hall–Kier alpha value is -1.99. The summed E-state index contributed by atoms with van der Waals surface area (Å²) in [5.41, 5.74) is 2.20. The highest BCUT2D eigenvalue weighted by atomic mass is 32.2. The van der Waals surface area contributed by atoms with E-state index in [-0.39, 0.29) is 18.0 Å². The number of hydrogen-bond acceptors (Lipinski definition) is 3. The molecular formula is C17H18F2N2O2S. The molecule has 0 saturated carbocycles. The molecule has 0 bridgehead atoms. The minimum absolute atomic E-state index is 0.273. The van der Waals surface area contributed by atoms with Crippen LogP contribution in [0.15, 0.2) is 47.4 Å². The Balaban J connectivity index is 1.77. The van der Waals surface area contributed by atoms with Crippen LogP contribution >= 0.6 is 0 Å². The zero-order chi connectivity index (χ0) is 17.3. The van der Waals surface area contributed by atoms with Gasteiger partial charge in [0.25, 0.3) is 0 Å². The first-order chi connectivity index (χ1) is 11.4. The van der Waals surface area contributed by atoms with Crippen LogP contribution in [0.5, 0.6) is 0 Å². The van der Waals surface area contributed by atoms with Crippen LogP contribution in [0.1, 0.15) is 5.56 Å². The van der Waals surface area contributed by atoms with E-state index in [1.807, 2.05) is 31.2 Å². The number of nitrogens with zero attached hydrogens (tertiary/aromatic N) is 2. The summed E-state index contributed by atoms with van der Waals surface area (Å²) in [6.45, 7) is 3.61. The molecule has 2 aromatic rings. The summed E-state index contributed by atoms with van der Waals surface area (Å²) in [5, 5.41) is 0. The van der Waals surface area contributed by atoms with Crippen LogP contribution < -0.4 is 4.90 Å². The van der Waals surface area contributed by atoms with Gasteiger partial charge in [-0.3, -0.25) is 0 Å². The van der Waals surface area contributed by atoms with E-state index in [0.717, 1.165) is 23.4 Å². The third-order valence-corrected chi connectivity index (χ3v) is 6.05. The Labute approximate surface area is 140 Å². The maximum Gasteiger partial charge on any atom is 0.243 e. The Morgan fingerprint density at radius 2 is 1.50 bits per heavy atom. The zero-order valence-electron chi connectivity index (χ0n) is 13.2. The maximum absolute atomic E-state index is 13.3. The van der Waals surface area contributed by atoms with Crippen molar-refractivity contribution < 1.29 is 17.2 Å². The highest BCUT2D eigenvalue weighted by Gasteiger charge is 2.29. The molecule has 1 heterocycles. The van der Waals surface area contributed by atoms with Gasteiger partial charge >= 0.3 is 0 Å². The molecule has 2 aromatic carbocycles. The van der Waals surface area contributed by atoms with Crippen molar-refractivity contribution in [3.05, 3.63) is 59.7 Å². The highest BCUT2D eigenvalue weighted by Crippen LogP contribution is 2.24. The van der Waals surface area contributed by atoms with Crippen molar-refractivity contribution in [2.24, 2.45) is 0 Å². The van der Waals surface area contributed by atoms with Crippen molar-refractivity contribution in [2.45, 2.75) is 11.8 Å². The summed E-state index contributed by atoms with van der Waals surface area (Å²) in [7, 11) is -3.90. The van der Waals surface area contributed by atoms with Gasteiger partial charge in [-0.1, -0.05) is 18.2 Å². The molecule has 1 saturated heterocycles. The van der Waals surface area contributed by atoms with Crippen molar-refractivity contribution in [1.82, 2.24) is 4.31 Å². The van der Waals surface area contributed by atoms with Gasteiger partial charge in [-0.2, -0.15) is 4.31 Å². The predicted octanol–water partition coefficient (Wildman–Crippen LogP) is 2.78. The molecule has 0 aromatic heterocycles. The first-order valence-electron chi connectivity index (χ1n) is 7.65. The van der Waals surface area contributed by atoms with Gasteiger partial charge in [-0.15, -0.1) is 0 Å². The maximum atomic E-state index is 13.3. The second-order valence-electron chi connectivity index (χ2n) is 5.78. The quantitative estimate of drug-likeness (QED) is 0.853. The number of para-hydroxylation sites is 1. The predicted molar refractivity (Wildman–Crippen MR) is 88.5 cm³/mol. The molecule has 1 aliphatic heterocycles. The lowest BCUT2D eigenvalue weighted by molar-refractivity contribution is 0.384. The topological polar surface area (TPSA) is 40.6 Å². The van der Waals surface area contributed by atoms with E-state index in [0.29, 0.717) is 19.2 Å². The van der Waals surface area contributed by atoms with E-state index in [1.54, 1.807) is 0 Å². The second kappa shape index (κ2) is 6.49. The standard InChI is InChI=1S/C17H18F2N2O2S/c1-13-4-2-3-5-17(13)20-6-8-21(9-7-20)24(22,23)16-11-14(18)10-15(19)12-16/h2-5,10-12H,6-9H2,1H3. The molecule has 0 aliphatic carbocycles. The molecule has 3 rings (SSSR count). The molecule has 0 unspecified atom stereocenters. The van der Waals surface area contributed by atoms with Crippen LogP contribution in [0.25, 0.3) is 0 Å².